The lowest BCUT2D eigenvalue weighted by Gasteiger charge is -2.29. The van der Waals surface area contributed by atoms with Crippen molar-refractivity contribution in [2.24, 2.45) is 0 Å². The van der Waals surface area contributed by atoms with Crippen molar-refractivity contribution < 1.29 is 33.6 Å². The maximum Gasteiger partial charge on any atom is 0.342 e. The molecule has 0 amide bonds. The van der Waals surface area contributed by atoms with Gasteiger partial charge in [-0.25, -0.2) is 9.59 Å². The van der Waals surface area contributed by atoms with Crippen LogP contribution >= 0.6 is 0 Å². The van der Waals surface area contributed by atoms with Crippen molar-refractivity contribution >= 4 is 11.9 Å². The number of esters is 2. The third kappa shape index (κ3) is 1.33. The fourth-order valence-electron chi connectivity index (χ4n) is 4.34. The molecule has 4 heterocycles. The molecule has 6 atom stereocenters. The van der Waals surface area contributed by atoms with Crippen LogP contribution in [0.15, 0.2) is 11.1 Å². The van der Waals surface area contributed by atoms with Gasteiger partial charge in [0.05, 0.1) is 17.3 Å². The summed E-state index contributed by atoms with van der Waals surface area (Å²) in [6.45, 7) is 3.45. The first kappa shape index (κ1) is 13.0. The standard InChI is InChI=1S/C15H16O7/c1-6-8-9-10-14(21-10,12(17)19-9)4-3-7-13(2,20-7)5-15(8,18)22-11(6)16/h7,9-10,18H,3-5H2,1-2H3/t7-,9+,10+,13+,14-,15-/m0/s1. The normalized spacial score (nSPS) is 55.0. The number of hydrogen-bond acceptors (Lipinski definition) is 7. The number of hydrogen-bond donors (Lipinski definition) is 1. The first-order valence-electron chi connectivity index (χ1n) is 7.53. The summed E-state index contributed by atoms with van der Waals surface area (Å²) in [5.41, 5.74) is -0.902. The Balaban J connectivity index is 1.65. The van der Waals surface area contributed by atoms with E-state index >= 15 is 0 Å². The lowest BCUT2D eigenvalue weighted by atomic mass is 9.83. The molecule has 7 nitrogen and oxygen atoms in total. The fraction of sp³-hybridized carbons (Fsp3) is 0.733. The second-order valence-corrected chi connectivity index (χ2v) is 7.10. The smallest absolute Gasteiger partial charge is 0.342 e. The highest BCUT2D eigenvalue weighted by Crippen LogP contribution is 2.59. The summed E-state index contributed by atoms with van der Waals surface area (Å²) in [5.74, 6) is -2.81. The minimum Gasteiger partial charge on any atom is -0.452 e. The molecule has 2 bridgehead atoms. The van der Waals surface area contributed by atoms with Gasteiger partial charge in [0.15, 0.2) is 11.7 Å². The summed E-state index contributed by atoms with van der Waals surface area (Å²) < 4.78 is 22.0. The molecule has 5 aliphatic rings. The quantitative estimate of drug-likeness (QED) is 0.495. The van der Waals surface area contributed by atoms with Gasteiger partial charge in [-0.1, -0.05) is 0 Å². The molecule has 5 rings (SSSR count). The molecule has 3 saturated heterocycles. The maximum atomic E-state index is 12.2. The zero-order chi connectivity index (χ0) is 15.5. The molecule has 0 radical (unpaired) electrons. The predicted molar refractivity (Wildman–Crippen MR) is 68.4 cm³/mol. The summed E-state index contributed by atoms with van der Waals surface area (Å²) >= 11 is 0. The summed E-state index contributed by atoms with van der Waals surface area (Å²) in [5, 5.41) is 10.9. The van der Waals surface area contributed by atoms with Crippen molar-refractivity contribution in [2.75, 3.05) is 0 Å². The molecule has 22 heavy (non-hydrogen) atoms. The number of ether oxygens (including phenoxy) is 4. The van der Waals surface area contributed by atoms with E-state index in [0.29, 0.717) is 18.4 Å². The molecule has 1 aliphatic carbocycles. The molecule has 7 heteroatoms. The first-order chi connectivity index (χ1) is 10.3. The van der Waals surface area contributed by atoms with Crippen LogP contribution in [0, 0.1) is 0 Å². The third-order valence-corrected chi connectivity index (χ3v) is 5.68. The lowest BCUT2D eigenvalue weighted by Crippen LogP contribution is -2.42. The molecule has 1 saturated carbocycles. The predicted octanol–water partition coefficient (Wildman–Crippen LogP) is -0.0473. The van der Waals surface area contributed by atoms with E-state index in [1.807, 2.05) is 6.92 Å². The molecule has 0 aromatic carbocycles. The number of carbonyl (C=O) groups is 2. The van der Waals surface area contributed by atoms with Gasteiger partial charge in [0.1, 0.15) is 6.10 Å². The summed E-state index contributed by atoms with van der Waals surface area (Å²) in [6.07, 6.45) is 0.0269. The molecule has 4 aliphatic heterocycles. The van der Waals surface area contributed by atoms with Crippen LogP contribution in [0.3, 0.4) is 0 Å². The van der Waals surface area contributed by atoms with E-state index in [-0.39, 0.29) is 18.1 Å². The summed E-state index contributed by atoms with van der Waals surface area (Å²) in [6, 6.07) is 0. The topological polar surface area (TPSA) is 97.9 Å². The van der Waals surface area contributed by atoms with Gasteiger partial charge < -0.3 is 24.1 Å². The van der Waals surface area contributed by atoms with Crippen molar-refractivity contribution in [3.05, 3.63) is 11.1 Å². The van der Waals surface area contributed by atoms with Crippen molar-refractivity contribution in [3.8, 4) is 0 Å². The fourth-order valence-corrected chi connectivity index (χ4v) is 4.34. The van der Waals surface area contributed by atoms with Gasteiger partial charge in [-0.05, 0) is 26.7 Å². The summed E-state index contributed by atoms with van der Waals surface area (Å²) in [7, 11) is 0. The lowest BCUT2D eigenvalue weighted by molar-refractivity contribution is -0.192. The van der Waals surface area contributed by atoms with E-state index in [2.05, 4.69) is 0 Å². The average Bonchev–Trinajstić information content (AvgIpc) is 3.25. The Morgan fingerprint density at radius 2 is 2.05 bits per heavy atom. The zero-order valence-corrected chi connectivity index (χ0v) is 12.3. The van der Waals surface area contributed by atoms with E-state index in [4.69, 9.17) is 18.9 Å². The second kappa shape index (κ2) is 3.39. The largest absolute Gasteiger partial charge is 0.452 e. The SMILES string of the molecule is CC1=C2[C@H]3OC(=O)[C@@]4(CC[C@@H]5O[C@]5(C)C[C@]2(O)OC1=O)O[C@H]34. The van der Waals surface area contributed by atoms with E-state index in [1.165, 1.54) is 0 Å². The summed E-state index contributed by atoms with van der Waals surface area (Å²) in [4.78, 5) is 24.2. The molecule has 0 aromatic heterocycles. The van der Waals surface area contributed by atoms with Crippen LogP contribution in [-0.4, -0.2) is 52.3 Å². The van der Waals surface area contributed by atoms with Crippen LogP contribution in [0.2, 0.25) is 0 Å². The van der Waals surface area contributed by atoms with E-state index in [0.717, 1.165) is 0 Å². The minimum absolute atomic E-state index is 0.0819. The van der Waals surface area contributed by atoms with Gasteiger partial charge in [-0.3, -0.25) is 0 Å². The molecular formula is C15H16O7. The number of epoxide rings is 2. The molecule has 0 spiro atoms. The molecule has 0 unspecified atom stereocenters. The average molecular weight is 308 g/mol. The van der Waals surface area contributed by atoms with Gasteiger partial charge in [0.25, 0.3) is 0 Å². The molecule has 1 N–H and O–H groups in total. The zero-order valence-electron chi connectivity index (χ0n) is 12.3. The third-order valence-electron chi connectivity index (χ3n) is 5.68. The van der Waals surface area contributed by atoms with E-state index < -0.39 is 41.1 Å². The van der Waals surface area contributed by atoms with Gasteiger partial charge in [0, 0.05) is 12.0 Å². The first-order valence-corrected chi connectivity index (χ1v) is 7.53. The number of carbonyl (C=O) groups excluding carboxylic acids is 2. The Kier molecular flexibility index (Phi) is 2.01. The van der Waals surface area contributed by atoms with Crippen molar-refractivity contribution in [2.45, 2.75) is 68.4 Å². The monoisotopic (exact) mass is 308 g/mol. The Bertz CT molecular complexity index is 669. The molecule has 118 valence electrons. The van der Waals surface area contributed by atoms with Crippen LogP contribution < -0.4 is 0 Å². The van der Waals surface area contributed by atoms with Crippen LogP contribution in [0.4, 0.5) is 0 Å². The van der Waals surface area contributed by atoms with E-state index in [9.17, 15) is 14.7 Å². The van der Waals surface area contributed by atoms with Crippen molar-refractivity contribution in [1.29, 1.82) is 0 Å². The Morgan fingerprint density at radius 1 is 1.27 bits per heavy atom. The highest BCUT2D eigenvalue weighted by Gasteiger charge is 2.77. The Morgan fingerprint density at radius 3 is 2.77 bits per heavy atom. The molecule has 0 aromatic rings. The van der Waals surface area contributed by atoms with Gasteiger partial charge >= 0.3 is 11.9 Å². The van der Waals surface area contributed by atoms with Gasteiger partial charge in [-0.2, -0.15) is 0 Å². The van der Waals surface area contributed by atoms with E-state index in [1.54, 1.807) is 6.92 Å². The number of fused-ring (bicyclic) bond motifs is 3. The minimum atomic E-state index is -1.80. The number of aliphatic hydroxyl groups is 1. The van der Waals surface area contributed by atoms with Crippen molar-refractivity contribution in [1.82, 2.24) is 0 Å². The van der Waals surface area contributed by atoms with Crippen LogP contribution in [0.1, 0.15) is 33.1 Å². The molecular weight excluding hydrogens is 292 g/mol. The Hall–Kier alpha value is -1.44. The van der Waals surface area contributed by atoms with Crippen LogP contribution in [-0.2, 0) is 28.5 Å². The van der Waals surface area contributed by atoms with Crippen LogP contribution in [0.25, 0.3) is 0 Å². The Labute approximate surface area is 126 Å². The molecule has 4 fully saturated rings. The van der Waals surface area contributed by atoms with Gasteiger partial charge in [0.2, 0.25) is 5.79 Å². The van der Waals surface area contributed by atoms with Crippen LogP contribution in [0.5, 0.6) is 0 Å². The number of rotatable bonds is 0. The van der Waals surface area contributed by atoms with Crippen molar-refractivity contribution in [3.63, 3.8) is 0 Å². The maximum absolute atomic E-state index is 12.2. The second-order valence-electron chi connectivity index (χ2n) is 7.10. The van der Waals surface area contributed by atoms with Gasteiger partial charge in [-0.15, -0.1) is 0 Å². The highest BCUT2D eigenvalue weighted by atomic mass is 16.7. The highest BCUT2D eigenvalue weighted by molar-refractivity contribution is 5.94.